The van der Waals surface area contributed by atoms with Gasteiger partial charge in [-0.1, -0.05) is 6.42 Å². The van der Waals surface area contributed by atoms with E-state index >= 15 is 0 Å². The first-order valence-corrected chi connectivity index (χ1v) is 8.46. The second kappa shape index (κ2) is 15.0. The van der Waals surface area contributed by atoms with Crippen molar-refractivity contribution in [2.75, 3.05) is 17.8 Å². The van der Waals surface area contributed by atoms with E-state index in [0.717, 1.165) is 30.8 Å². The van der Waals surface area contributed by atoms with Crippen LogP contribution in [0.3, 0.4) is 0 Å². The Morgan fingerprint density at radius 1 is 1.05 bits per heavy atom. The largest absolute Gasteiger partial charge is 0.480 e. The van der Waals surface area contributed by atoms with Crippen LogP contribution in [0.4, 0.5) is 0 Å². The van der Waals surface area contributed by atoms with E-state index in [4.69, 9.17) is 21.7 Å². The molecular weight excluding hydrogens is 300 g/mol. The second-order valence-electron chi connectivity index (χ2n) is 4.24. The quantitative estimate of drug-likeness (QED) is 0.300. The van der Waals surface area contributed by atoms with Crippen LogP contribution in [0.25, 0.3) is 0 Å². The van der Waals surface area contributed by atoms with Gasteiger partial charge in [0.1, 0.15) is 12.1 Å². The fourth-order valence-electron chi connectivity index (χ4n) is 1.17. The first-order valence-electron chi connectivity index (χ1n) is 6.43. The SMILES string of the molecule is CSCCCC(N)C(=O)O.NC(CCCCS)C(=O)O. The molecule has 0 saturated carbocycles. The molecule has 0 radical (unpaired) electrons. The van der Waals surface area contributed by atoms with Crippen molar-refractivity contribution in [3.63, 3.8) is 0 Å². The Balaban J connectivity index is 0. The number of thioether (sulfide) groups is 1. The summed E-state index contributed by atoms with van der Waals surface area (Å²) in [6.07, 6.45) is 5.79. The summed E-state index contributed by atoms with van der Waals surface area (Å²) in [5.41, 5.74) is 10.5. The third-order valence-corrected chi connectivity index (χ3v) is 3.43. The summed E-state index contributed by atoms with van der Waals surface area (Å²) in [5, 5.41) is 16.7. The highest BCUT2D eigenvalue weighted by Crippen LogP contribution is 2.01. The molecule has 0 aliphatic rings. The number of hydrogen-bond donors (Lipinski definition) is 5. The van der Waals surface area contributed by atoms with Crippen LogP contribution in [-0.4, -0.2) is 52.0 Å². The number of hydrogen-bond acceptors (Lipinski definition) is 6. The second-order valence-corrected chi connectivity index (χ2v) is 5.68. The maximum atomic E-state index is 10.2. The predicted octanol–water partition coefficient (Wildman–Crippen LogP) is 1.04. The molecule has 0 heterocycles. The lowest BCUT2D eigenvalue weighted by molar-refractivity contribution is -0.139. The van der Waals surface area contributed by atoms with Gasteiger partial charge < -0.3 is 21.7 Å². The lowest BCUT2D eigenvalue weighted by atomic mass is 10.1. The van der Waals surface area contributed by atoms with Gasteiger partial charge in [0, 0.05) is 0 Å². The van der Waals surface area contributed by atoms with Crippen molar-refractivity contribution in [1.29, 1.82) is 0 Å². The maximum absolute atomic E-state index is 10.2. The molecule has 0 bridgehead atoms. The average Bonchev–Trinajstić information content (AvgIpc) is 2.39. The number of nitrogens with two attached hydrogens (primary N) is 2. The molecule has 6 N–H and O–H groups in total. The van der Waals surface area contributed by atoms with Crippen molar-refractivity contribution in [3.05, 3.63) is 0 Å². The normalized spacial score (nSPS) is 13.0. The monoisotopic (exact) mass is 326 g/mol. The minimum Gasteiger partial charge on any atom is -0.480 e. The Hall–Kier alpha value is -0.440. The van der Waals surface area contributed by atoms with Gasteiger partial charge in [-0.05, 0) is 43.4 Å². The molecule has 120 valence electrons. The molecule has 8 heteroatoms. The lowest BCUT2D eigenvalue weighted by Gasteiger charge is -2.03. The van der Waals surface area contributed by atoms with Gasteiger partial charge in [0.25, 0.3) is 0 Å². The molecule has 20 heavy (non-hydrogen) atoms. The van der Waals surface area contributed by atoms with Crippen molar-refractivity contribution in [1.82, 2.24) is 0 Å². The first-order chi connectivity index (χ1) is 9.36. The fourth-order valence-corrected chi connectivity index (χ4v) is 1.85. The minimum atomic E-state index is -0.917. The molecule has 0 rings (SSSR count). The number of carbonyl (C=O) groups is 2. The number of carboxylic acids is 2. The van der Waals surface area contributed by atoms with Crippen LogP contribution in [0.15, 0.2) is 0 Å². The Morgan fingerprint density at radius 3 is 1.85 bits per heavy atom. The molecule has 6 nitrogen and oxygen atoms in total. The van der Waals surface area contributed by atoms with E-state index in [2.05, 4.69) is 12.6 Å². The summed E-state index contributed by atoms with van der Waals surface area (Å²) in [6, 6.07) is -1.37. The van der Waals surface area contributed by atoms with Gasteiger partial charge in [-0.15, -0.1) is 0 Å². The van der Waals surface area contributed by atoms with E-state index in [-0.39, 0.29) is 0 Å². The van der Waals surface area contributed by atoms with E-state index < -0.39 is 24.0 Å². The Kier molecular flexibility index (Phi) is 16.3. The molecule has 2 atom stereocenters. The number of aliphatic carboxylic acids is 2. The zero-order chi connectivity index (χ0) is 16.0. The van der Waals surface area contributed by atoms with Crippen molar-refractivity contribution in [2.24, 2.45) is 11.5 Å². The number of thiol groups is 1. The lowest BCUT2D eigenvalue weighted by Crippen LogP contribution is -2.29. The summed E-state index contributed by atoms with van der Waals surface area (Å²) in [5.74, 6) is -0.0342. The third-order valence-electron chi connectivity index (χ3n) is 2.42. The predicted molar refractivity (Wildman–Crippen MR) is 86.5 cm³/mol. The van der Waals surface area contributed by atoms with Crippen LogP contribution in [-0.2, 0) is 9.59 Å². The molecule has 0 aliphatic heterocycles. The molecule has 0 aromatic heterocycles. The topological polar surface area (TPSA) is 127 Å². The molecule has 0 saturated heterocycles. The van der Waals surface area contributed by atoms with Crippen molar-refractivity contribution in [2.45, 2.75) is 44.2 Å². The fraction of sp³-hybridized carbons (Fsp3) is 0.833. The van der Waals surface area contributed by atoms with Gasteiger partial charge in [-0.2, -0.15) is 24.4 Å². The Bertz CT molecular complexity index is 242. The Morgan fingerprint density at radius 2 is 1.50 bits per heavy atom. The summed E-state index contributed by atoms with van der Waals surface area (Å²) >= 11 is 5.69. The van der Waals surface area contributed by atoms with E-state index in [1.165, 1.54) is 0 Å². The van der Waals surface area contributed by atoms with Crippen molar-refractivity contribution >= 4 is 36.3 Å². The highest BCUT2D eigenvalue weighted by Gasteiger charge is 2.09. The molecule has 2 unspecified atom stereocenters. The molecule has 0 aromatic carbocycles. The number of unbranched alkanes of at least 4 members (excludes halogenated alkanes) is 1. The van der Waals surface area contributed by atoms with Gasteiger partial charge in [-0.25, -0.2) is 0 Å². The van der Waals surface area contributed by atoms with Crippen LogP contribution in [0.2, 0.25) is 0 Å². The number of carboxylic acid groups (broad SMARTS) is 2. The van der Waals surface area contributed by atoms with E-state index in [1.807, 2.05) is 6.26 Å². The molecular formula is C12H26N2O4S2. The third kappa shape index (κ3) is 15.6. The van der Waals surface area contributed by atoms with Crippen LogP contribution in [0.1, 0.15) is 32.1 Å². The van der Waals surface area contributed by atoms with Crippen LogP contribution in [0, 0.1) is 0 Å². The summed E-state index contributed by atoms with van der Waals surface area (Å²) in [7, 11) is 0. The van der Waals surface area contributed by atoms with Gasteiger partial charge in [0.15, 0.2) is 0 Å². The minimum absolute atomic E-state index is 0.551. The smallest absolute Gasteiger partial charge is 0.320 e. The maximum Gasteiger partial charge on any atom is 0.320 e. The first kappa shape index (κ1) is 21.9. The van der Waals surface area contributed by atoms with E-state index in [0.29, 0.717) is 12.8 Å². The highest BCUT2D eigenvalue weighted by atomic mass is 32.2. The highest BCUT2D eigenvalue weighted by molar-refractivity contribution is 7.98. The zero-order valence-electron chi connectivity index (χ0n) is 11.8. The van der Waals surface area contributed by atoms with Gasteiger partial charge in [-0.3, -0.25) is 9.59 Å². The van der Waals surface area contributed by atoms with Crippen LogP contribution in [0.5, 0.6) is 0 Å². The Labute approximate surface area is 130 Å². The number of rotatable bonds is 10. The van der Waals surface area contributed by atoms with Crippen molar-refractivity contribution in [3.8, 4) is 0 Å². The zero-order valence-corrected chi connectivity index (χ0v) is 13.5. The van der Waals surface area contributed by atoms with Crippen molar-refractivity contribution < 1.29 is 19.8 Å². The van der Waals surface area contributed by atoms with Crippen LogP contribution < -0.4 is 11.5 Å². The molecule has 0 fully saturated rings. The molecule has 0 amide bonds. The van der Waals surface area contributed by atoms with E-state index in [9.17, 15) is 9.59 Å². The molecule has 0 aliphatic carbocycles. The van der Waals surface area contributed by atoms with Gasteiger partial charge in [0.2, 0.25) is 0 Å². The molecule has 0 aromatic rings. The summed E-state index contributed by atoms with van der Waals surface area (Å²) < 4.78 is 0. The summed E-state index contributed by atoms with van der Waals surface area (Å²) in [4.78, 5) is 20.3. The standard InChI is InChI=1S/2C6H13NO2S/c1-10-4-2-3-5(7)6(8)9;7-5(6(8)9)3-1-2-4-10/h5H,2-4,7H2,1H3,(H,8,9);5,10H,1-4,7H2,(H,8,9). The van der Waals surface area contributed by atoms with E-state index in [1.54, 1.807) is 11.8 Å². The molecule has 0 spiro atoms. The average molecular weight is 326 g/mol. The summed E-state index contributed by atoms with van der Waals surface area (Å²) in [6.45, 7) is 0. The van der Waals surface area contributed by atoms with Crippen LogP contribution >= 0.6 is 24.4 Å². The van der Waals surface area contributed by atoms with Gasteiger partial charge >= 0.3 is 11.9 Å². The van der Waals surface area contributed by atoms with Gasteiger partial charge in [0.05, 0.1) is 0 Å².